The van der Waals surface area contributed by atoms with Crippen molar-refractivity contribution >= 4 is 11.9 Å². The van der Waals surface area contributed by atoms with Gasteiger partial charge in [-0.05, 0) is 109 Å². The number of carbonyl (C=O) groups excluding carboxylic acids is 2. The molecular formula is C57H100O5. The summed E-state index contributed by atoms with van der Waals surface area (Å²) in [6.45, 7) is 7.65. The zero-order valence-corrected chi connectivity index (χ0v) is 41.1. The van der Waals surface area contributed by atoms with Crippen molar-refractivity contribution in [1.82, 2.24) is 0 Å². The average Bonchev–Trinajstić information content (AvgIpc) is 3.27. The molecule has 0 fully saturated rings. The maximum Gasteiger partial charge on any atom is 0.306 e. The van der Waals surface area contributed by atoms with E-state index in [1.165, 1.54) is 128 Å². The molecule has 0 aromatic heterocycles. The molecule has 0 heterocycles. The van der Waals surface area contributed by atoms with E-state index in [-0.39, 0.29) is 25.2 Å². The number of rotatable bonds is 48. The minimum atomic E-state index is -0.552. The number of allylic oxidation sites excluding steroid dienone is 12. The number of esters is 2. The molecule has 5 nitrogen and oxygen atoms in total. The zero-order chi connectivity index (χ0) is 44.9. The van der Waals surface area contributed by atoms with E-state index in [1.54, 1.807) is 0 Å². The van der Waals surface area contributed by atoms with Gasteiger partial charge in [0.05, 0.1) is 6.61 Å². The predicted molar refractivity (Wildman–Crippen MR) is 270 cm³/mol. The Morgan fingerprint density at radius 3 is 1.21 bits per heavy atom. The number of hydrogen-bond acceptors (Lipinski definition) is 5. The van der Waals surface area contributed by atoms with Crippen LogP contribution in [0.4, 0.5) is 0 Å². The fourth-order valence-corrected chi connectivity index (χ4v) is 7.25. The van der Waals surface area contributed by atoms with Crippen molar-refractivity contribution in [1.29, 1.82) is 0 Å². The second kappa shape index (κ2) is 52.7. The maximum absolute atomic E-state index is 12.8. The number of unbranched alkanes of at least 4 members (excludes halogenated alkanes) is 25. The summed E-state index contributed by atoms with van der Waals surface area (Å²) in [5, 5.41) is 0. The topological polar surface area (TPSA) is 61.8 Å². The lowest BCUT2D eigenvalue weighted by atomic mass is 10.1. The van der Waals surface area contributed by atoms with E-state index in [4.69, 9.17) is 14.2 Å². The minimum absolute atomic E-state index is 0.0691. The smallest absolute Gasteiger partial charge is 0.306 e. The molecule has 5 heteroatoms. The van der Waals surface area contributed by atoms with Gasteiger partial charge in [-0.3, -0.25) is 9.59 Å². The Morgan fingerprint density at radius 1 is 0.371 bits per heavy atom. The Morgan fingerprint density at radius 2 is 0.726 bits per heavy atom. The van der Waals surface area contributed by atoms with Crippen LogP contribution in [-0.2, 0) is 23.8 Å². The van der Waals surface area contributed by atoms with Crippen molar-refractivity contribution in [2.45, 2.75) is 258 Å². The van der Waals surface area contributed by atoms with Crippen LogP contribution in [0.1, 0.15) is 252 Å². The quantitative estimate of drug-likeness (QED) is 0.0346. The molecule has 0 saturated carbocycles. The molecule has 0 aliphatic rings. The molecule has 0 aliphatic heterocycles. The van der Waals surface area contributed by atoms with E-state index in [2.05, 4.69) is 93.7 Å². The highest BCUT2D eigenvalue weighted by molar-refractivity contribution is 5.70. The Bertz CT molecular complexity index is 1110. The first kappa shape index (κ1) is 59.3. The molecule has 0 aliphatic carbocycles. The average molecular weight is 865 g/mol. The third kappa shape index (κ3) is 50.0. The monoisotopic (exact) mass is 865 g/mol. The van der Waals surface area contributed by atoms with Crippen LogP contribution in [0.2, 0.25) is 0 Å². The summed E-state index contributed by atoms with van der Waals surface area (Å²) in [7, 11) is 0. The lowest BCUT2D eigenvalue weighted by Crippen LogP contribution is -2.30. The van der Waals surface area contributed by atoms with Crippen LogP contribution in [0, 0.1) is 0 Å². The van der Waals surface area contributed by atoms with Crippen molar-refractivity contribution in [3.05, 3.63) is 72.9 Å². The number of hydrogen-bond donors (Lipinski definition) is 0. The van der Waals surface area contributed by atoms with Gasteiger partial charge in [-0.15, -0.1) is 0 Å². The van der Waals surface area contributed by atoms with Crippen molar-refractivity contribution in [2.75, 3.05) is 19.8 Å². The molecule has 62 heavy (non-hydrogen) atoms. The van der Waals surface area contributed by atoms with Crippen LogP contribution >= 0.6 is 0 Å². The van der Waals surface area contributed by atoms with Gasteiger partial charge in [-0.1, -0.05) is 203 Å². The van der Waals surface area contributed by atoms with Gasteiger partial charge in [0.1, 0.15) is 6.61 Å². The van der Waals surface area contributed by atoms with Crippen LogP contribution in [0.5, 0.6) is 0 Å². The molecular weight excluding hydrogens is 765 g/mol. The largest absolute Gasteiger partial charge is 0.462 e. The Kier molecular flexibility index (Phi) is 50.4. The fraction of sp³-hybridized carbons (Fsp3) is 0.754. The van der Waals surface area contributed by atoms with Crippen molar-refractivity contribution in [3.63, 3.8) is 0 Å². The normalized spacial score (nSPS) is 12.8. The third-order valence-electron chi connectivity index (χ3n) is 11.2. The Labute approximate surface area is 385 Å². The van der Waals surface area contributed by atoms with Gasteiger partial charge in [0.2, 0.25) is 0 Å². The van der Waals surface area contributed by atoms with Crippen molar-refractivity contribution in [2.24, 2.45) is 0 Å². The van der Waals surface area contributed by atoms with Crippen LogP contribution in [-0.4, -0.2) is 37.9 Å². The van der Waals surface area contributed by atoms with Crippen LogP contribution in [0.25, 0.3) is 0 Å². The van der Waals surface area contributed by atoms with Crippen LogP contribution < -0.4 is 0 Å². The summed E-state index contributed by atoms with van der Waals surface area (Å²) >= 11 is 0. The third-order valence-corrected chi connectivity index (χ3v) is 11.2. The van der Waals surface area contributed by atoms with Gasteiger partial charge >= 0.3 is 11.9 Å². The SMILES string of the molecule is CC/C=C\C/C=C\C/C=C\CCCCCCCC(=O)OCC(COCCCCCCCCCC/C=C\C/C=C\CCCCC)OC(=O)CCCCCCC/C=C\CCCCCC. The van der Waals surface area contributed by atoms with Gasteiger partial charge in [0.25, 0.3) is 0 Å². The Hall–Kier alpha value is -2.66. The standard InChI is InChI=1S/C57H100O5/c1-4-7-10-13-16-19-22-25-27-28-29-31-34-37-40-43-46-49-52-60-53-55(62-57(59)51-48-45-42-39-36-32-24-21-18-15-12-9-6-3)54-61-56(58)50-47-44-41-38-35-33-30-26-23-20-17-14-11-8-5-2/h8,11,16-17,19-21,24-27,30,55H,4-7,9-10,12-15,18,22-23,28-29,31-54H2,1-3H3/b11-8-,19-16-,20-17-,24-21-,27-25-,30-26-. The van der Waals surface area contributed by atoms with Gasteiger partial charge in [0.15, 0.2) is 6.10 Å². The molecule has 0 aromatic carbocycles. The van der Waals surface area contributed by atoms with E-state index in [0.717, 1.165) is 89.9 Å². The van der Waals surface area contributed by atoms with Gasteiger partial charge in [-0.25, -0.2) is 0 Å². The molecule has 0 N–H and O–H groups in total. The van der Waals surface area contributed by atoms with Crippen LogP contribution in [0.15, 0.2) is 72.9 Å². The minimum Gasteiger partial charge on any atom is -0.462 e. The lowest BCUT2D eigenvalue weighted by Gasteiger charge is -2.18. The van der Waals surface area contributed by atoms with E-state index in [9.17, 15) is 9.59 Å². The number of carbonyl (C=O) groups is 2. The Balaban J connectivity index is 4.30. The summed E-state index contributed by atoms with van der Waals surface area (Å²) in [6, 6.07) is 0. The molecule has 358 valence electrons. The summed E-state index contributed by atoms with van der Waals surface area (Å²) in [6.07, 6.45) is 67.6. The molecule has 1 atom stereocenters. The molecule has 1 unspecified atom stereocenters. The molecule has 0 spiro atoms. The molecule has 0 saturated heterocycles. The summed E-state index contributed by atoms with van der Waals surface area (Å²) in [5.41, 5.74) is 0. The molecule has 0 amide bonds. The number of ether oxygens (including phenoxy) is 3. The fourth-order valence-electron chi connectivity index (χ4n) is 7.25. The molecule has 0 aromatic rings. The van der Waals surface area contributed by atoms with E-state index < -0.39 is 6.10 Å². The first-order chi connectivity index (χ1) is 30.6. The first-order valence-corrected chi connectivity index (χ1v) is 26.5. The van der Waals surface area contributed by atoms with E-state index in [1.807, 2.05) is 0 Å². The molecule has 0 radical (unpaired) electrons. The zero-order valence-electron chi connectivity index (χ0n) is 41.1. The second-order valence-electron chi connectivity index (χ2n) is 17.4. The highest BCUT2D eigenvalue weighted by atomic mass is 16.6. The van der Waals surface area contributed by atoms with Crippen molar-refractivity contribution < 1.29 is 23.8 Å². The summed E-state index contributed by atoms with van der Waals surface area (Å²) < 4.78 is 17.4. The molecule has 0 bridgehead atoms. The predicted octanol–water partition coefficient (Wildman–Crippen LogP) is 17.9. The molecule has 0 rings (SSSR count). The van der Waals surface area contributed by atoms with E-state index in [0.29, 0.717) is 19.4 Å². The maximum atomic E-state index is 12.8. The lowest BCUT2D eigenvalue weighted by molar-refractivity contribution is -0.163. The first-order valence-electron chi connectivity index (χ1n) is 26.5. The van der Waals surface area contributed by atoms with Gasteiger partial charge in [0, 0.05) is 19.4 Å². The second-order valence-corrected chi connectivity index (χ2v) is 17.4. The van der Waals surface area contributed by atoms with Crippen LogP contribution in [0.3, 0.4) is 0 Å². The van der Waals surface area contributed by atoms with Crippen molar-refractivity contribution in [3.8, 4) is 0 Å². The van der Waals surface area contributed by atoms with E-state index >= 15 is 0 Å². The van der Waals surface area contributed by atoms with Gasteiger partial charge < -0.3 is 14.2 Å². The highest BCUT2D eigenvalue weighted by Gasteiger charge is 2.17. The summed E-state index contributed by atoms with van der Waals surface area (Å²) in [5.74, 6) is -0.427. The summed E-state index contributed by atoms with van der Waals surface area (Å²) in [4.78, 5) is 25.4. The van der Waals surface area contributed by atoms with Gasteiger partial charge in [-0.2, -0.15) is 0 Å². The highest BCUT2D eigenvalue weighted by Crippen LogP contribution is 2.14.